The molecule has 4 rings (SSSR count). The summed E-state index contributed by atoms with van der Waals surface area (Å²) < 4.78 is 84.2. The third kappa shape index (κ3) is 6.73. The van der Waals surface area contributed by atoms with Crippen LogP contribution in [0.15, 0.2) is 46.2 Å². The number of piperidine rings is 1. The number of halogens is 2. The number of aromatic nitrogens is 3. The predicted octanol–water partition coefficient (Wildman–Crippen LogP) is 1.45. The third-order valence-corrected chi connectivity index (χ3v) is 8.25. The first kappa shape index (κ1) is 28.5. The standard InChI is InChI=1S/C22H24F2N6O7S2/c1-38(33,34)29-8-6-15(7-9-29)27-22-25-11-13-10-17(19(23)24)21(32)30(20(13)28-22)12-18(31)26-14-2-4-16(5-3-14)39(35,36)37/h2-5,10-11,15,19H,6-9,12H2,1H3,(H,26,31)(H,25,27,28)(H,35,36,37). The molecular formula is C22H24F2N6O7S2. The molecule has 0 atom stereocenters. The highest BCUT2D eigenvalue weighted by Crippen LogP contribution is 2.22. The number of carbonyl (C=O) groups excluding carboxylic acids is 1. The summed E-state index contributed by atoms with van der Waals surface area (Å²) in [6.07, 6.45) is 0.172. The summed E-state index contributed by atoms with van der Waals surface area (Å²) in [6, 6.07) is 5.28. The highest BCUT2D eigenvalue weighted by Gasteiger charge is 2.26. The molecule has 0 aliphatic carbocycles. The topological polar surface area (TPSA) is 181 Å². The molecule has 1 aliphatic heterocycles. The van der Waals surface area contributed by atoms with E-state index in [0.717, 1.165) is 29.0 Å². The Kier molecular flexibility index (Phi) is 7.97. The van der Waals surface area contributed by atoms with Gasteiger partial charge in [-0.3, -0.25) is 18.7 Å². The maximum Gasteiger partial charge on any atom is 0.294 e. The highest BCUT2D eigenvalue weighted by molar-refractivity contribution is 7.88. The first-order valence-corrected chi connectivity index (χ1v) is 14.8. The van der Waals surface area contributed by atoms with Gasteiger partial charge in [0.15, 0.2) is 0 Å². The third-order valence-electron chi connectivity index (χ3n) is 6.08. The van der Waals surface area contributed by atoms with E-state index in [1.54, 1.807) is 0 Å². The Morgan fingerprint density at radius 2 is 1.79 bits per heavy atom. The second kappa shape index (κ2) is 10.9. The number of benzene rings is 1. The van der Waals surface area contributed by atoms with Gasteiger partial charge in [-0.1, -0.05) is 0 Å². The maximum atomic E-state index is 13.6. The molecule has 1 aliphatic rings. The number of nitrogens with one attached hydrogen (secondary N) is 2. The first-order chi connectivity index (χ1) is 18.2. The molecule has 0 spiro atoms. The van der Waals surface area contributed by atoms with Crippen molar-refractivity contribution < 1.29 is 35.0 Å². The van der Waals surface area contributed by atoms with Gasteiger partial charge in [-0.05, 0) is 43.2 Å². The number of hydrogen-bond donors (Lipinski definition) is 3. The van der Waals surface area contributed by atoms with Gasteiger partial charge in [-0.25, -0.2) is 26.5 Å². The van der Waals surface area contributed by atoms with E-state index in [2.05, 4.69) is 20.6 Å². The molecule has 1 saturated heterocycles. The van der Waals surface area contributed by atoms with E-state index in [1.807, 2.05) is 0 Å². The molecule has 0 bridgehead atoms. The summed E-state index contributed by atoms with van der Waals surface area (Å²) in [5, 5.41) is 5.58. The van der Waals surface area contributed by atoms with Crippen molar-refractivity contribution in [1.82, 2.24) is 18.8 Å². The zero-order valence-corrected chi connectivity index (χ0v) is 22.0. The Hall–Kier alpha value is -3.54. The molecule has 0 radical (unpaired) electrons. The van der Waals surface area contributed by atoms with Crippen LogP contribution in [0.5, 0.6) is 0 Å². The SMILES string of the molecule is CS(=O)(=O)N1CCC(Nc2ncc3cc(C(F)F)c(=O)n(CC(=O)Nc4ccc(S(=O)(=O)O)cc4)c3n2)CC1. The number of anilines is 2. The minimum atomic E-state index is -4.44. The van der Waals surface area contributed by atoms with Gasteiger partial charge in [0.05, 0.1) is 16.7 Å². The zero-order valence-electron chi connectivity index (χ0n) is 20.4. The van der Waals surface area contributed by atoms with Gasteiger partial charge in [0, 0.05) is 36.4 Å². The molecule has 0 saturated carbocycles. The van der Waals surface area contributed by atoms with E-state index in [-0.39, 0.29) is 41.8 Å². The smallest absolute Gasteiger partial charge is 0.294 e. The van der Waals surface area contributed by atoms with Crippen LogP contribution < -0.4 is 16.2 Å². The Labute approximate surface area is 221 Å². The van der Waals surface area contributed by atoms with E-state index in [0.29, 0.717) is 12.8 Å². The lowest BCUT2D eigenvalue weighted by molar-refractivity contribution is -0.116. The summed E-state index contributed by atoms with van der Waals surface area (Å²) in [5.74, 6) is -0.717. The van der Waals surface area contributed by atoms with Crippen molar-refractivity contribution in [3.63, 3.8) is 0 Å². The summed E-state index contributed by atoms with van der Waals surface area (Å²) in [6.45, 7) is -0.116. The number of fused-ring (bicyclic) bond motifs is 1. The predicted molar refractivity (Wildman–Crippen MR) is 137 cm³/mol. The summed E-state index contributed by atoms with van der Waals surface area (Å²) in [4.78, 5) is 33.6. The number of amides is 1. The normalized spacial score (nSPS) is 15.5. The Morgan fingerprint density at radius 1 is 1.15 bits per heavy atom. The largest absolute Gasteiger partial charge is 0.351 e. The molecule has 17 heteroatoms. The van der Waals surface area contributed by atoms with Crippen LogP contribution >= 0.6 is 0 Å². The van der Waals surface area contributed by atoms with Gasteiger partial charge < -0.3 is 10.6 Å². The van der Waals surface area contributed by atoms with Gasteiger partial charge in [0.1, 0.15) is 12.2 Å². The molecule has 2 aromatic heterocycles. The van der Waals surface area contributed by atoms with E-state index in [4.69, 9.17) is 4.55 Å². The Bertz CT molecular complexity index is 1670. The van der Waals surface area contributed by atoms with Gasteiger partial charge in [-0.15, -0.1) is 0 Å². The number of hydrogen-bond acceptors (Lipinski definition) is 9. The van der Waals surface area contributed by atoms with Crippen molar-refractivity contribution in [3.05, 3.63) is 52.4 Å². The summed E-state index contributed by atoms with van der Waals surface area (Å²) in [7, 11) is -7.76. The lowest BCUT2D eigenvalue weighted by atomic mass is 10.1. The van der Waals surface area contributed by atoms with Gasteiger partial charge >= 0.3 is 0 Å². The van der Waals surface area contributed by atoms with Crippen LogP contribution in [-0.2, 0) is 31.5 Å². The van der Waals surface area contributed by atoms with Gasteiger partial charge in [-0.2, -0.15) is 13.4 Å². The summed E-state index contributed by atoms with van der Waals surface area (Å²) >= 11 is 0. The fourth-order valence-corrected chi connectivity index (χ4v) is 5.48. The van der Waals surface area contributed by atoms with Crippen LogP contribution in [0, 0.1) is 0 Å². The van der Waals surface area contributed by atoms with Gasteiger partial charge in [0.2, 0.25) is 21.9 Å². The molecule has 3 N–H and O–H groups in total. The van der Waals surface area contributed by atoms with Crippen LogP contribution in [0.3, 0.4) is 0 Å². The fourth-order valence-electron chi connectivity index (χ4n) is 4.12. The molecule has 1 fully saturated rings. The van der Waals surface area contributed by atoms with Crippen molar-refractivity contribution in [2.45, 2.75) is 36.7 Å². The zero-order chi connectivity index (χ0) is 28.5. The number of pyridine rings is 1. The van der Waals surface area contributed by atoms with Crippen molar-refractivity contribution in [2.75, 3.05) is 30.0 Å². The average Bonchev–Trinajstić information content (AvgIpc) is 2.85. The van der Waals surface area contributed by atoms with Crippen LogP contribution in [0.25, 0.3) is 11.0 Å². The number of alkyl halides is 2. The highest BCUT2D eigenvalue weighted by atomic mass is 32.2. The molecule has 13 nitrogen and oxygen atoms in total. The monoisotopic (exact) mass is 586 g/mol. The minimum absolute atomic E-state index is 0.0689. The van der Waals surface area contributed by atoms with E-state index >= 15 is 0 Å². The molecule has 1 aromatic carbocycles. The van der Waals surface area contributed by atoms with E-state index < -0.39 is 55.0 Å². The van der Waals surface area contributed by atoms with E-state index in [9.17, 15) is 35.2 Å². The number of carbonyl (C=O) groups is 1. The van der Waals surface area contributed by atoms with Crippen LogP contribution in [-0.4, -0.2) is 71.5 Å². The molecule has 3 aromatic rings. The Balaban J connectivity index is 1.59. The van der Waals surface area contributed by atoms with E-state index in [1.165, 1.54) is 22.6 Å². The quantitative estimate of drug-likeness (QED) is 0.327. The average molecular weight is 587 g/mol. The van der Waals surface area contributed by atoms with Crippen LogP contribution in [0.2, 0.25) is 0 Å². The fraction of sp³-hybridized carbons (Fsp3) is 0.364. The van der Waals surface area contributed by atoms with Gasteiger partial charge in [0.25, 0.3) is 22.1 Å². The van der Waals surface area contributed by atoms with Crippen molar-refractivity contribution in [3.8, 4) is 0 Å². The molecule has 0 unspecified atom stereocenters. The molecule has 3 heterocycles. The number of sulfonamides is 1. The van der Waals surface area contributed by atoms with Crippen molar-refractivity contribution in [2.24, 2.45) is 0 Å². The lowest BCUT2D eigenvalue weighted by Crippen LogP contribution is -2.42. The number of nitrogens with zero attached hydrogens (tertiary/aromatic N) is 4. The second-order valence-electron chi connectivity index (χ2n) is 8.89. The van der Waals surface area contributed by atoms with Crippen LogP contribution in [0.4, 0.5) is 20.4 Å². The van der Waals surface area contributed by atoms with Crippen molar-refractivity contribution in [1.29, 1.82) is 0 Å². The first-order valence-electron chi connectivity index (χ1n) is 11.5. The number of rotatable bonds is 8. The lowest BCUT2D eigenvalue weighted by Gasteiger charge is -2.30. The van der Waals surface area contributed by atoms with Crippen LogP contribution in [0.1, 0.15) is 24.8 Å². The summed E-state index contributed by atoms with van der Waals surface area (Å²) in [5.41, 5.74) is -1.91. The minimum Gasteiger partial charge on any atom is -0.351 e. The molecule has 39 heavy (non-hydrogen) atoms. The van der Waals surface area contributed by atoms with Crippen molar-refractivity contribution >= 4 is 48.7 Å². The second-order valence-corrected chi connectivity index (χ2v) is 12.3. The molecule has 1 amide bonds. The molecule has 210 valence electrons. The molecular weight excluding hydrogens is 562 g/mol. The maximum absolute atomic E-state index is 13.6. The Morgan fingerprint density at radius 3 is 2.36 bits per heavy atom.